The first-order valence-corrected chi connectivity index (χ1v) is 6.46. The molecule has 1 atom stereocenters. The number of aromatic nitrogens is 1. The maximum absolute atomic E-state index is 12.0. The smallest absolute Gasteiger partial charge is 0.280 e. The molecule has 0 radical (unpaired) electrons. The minimum atomic E-state index is -0.384. The van der Waals surface area contributed by atoms with Gasteiger partial charge in [0, 0.05) is 19.2 Å². The third kappa shape index (κ3) is 3.90. The maximum atomic E-state index is 12.0. The van der Waals surface area contributed by atoms with Crippen LogP contribution in [0, 0.1) is 0 Å². The van der Waals surface area contributed by atoms with Crippen LogP contribution in [0.3, 0.4) is 0 Å². The van der Waals surface area contributed by atoms with E-state index in [1.54, 1.807) is 18.3 Å². The minimum absolute atomic E-state index is 0.302. The van der Waals surface area contributed by atoms with Crippen LogP contribution in [-0.4, -0.2) is 30.4 Å². The fraction of sp³-hybridized carbons (Fsp3) is 0.538. The summed E-state index contributed by atoms with van der Waals surface area (Å²) in [5, 5.41) is 0. The van der Waals surface area contributed by atoms with Gasteiger partial charge >= 0.3 is 0 Å². The van der Waals surface area contributed by atoms with Crippen molar-refractivity contribution in [3.63, 3.8) is 0 Å². The lowest BCUT2D eigenvalue weighted by atomic mass is 10.2. The highest BCUT2D eigenvalue weighted by atomic mass is 16.8. The zero-order valence-corrected chi connectivity index (χ0v) is 10.9. The Hall–Kier alpha value is -1.66. The van der Waals surface area contributed by atoms with E-state index in [9.17, 15) is 4.79 Å². The summed E-state index contributed by atoms with van der Waals surface area (Å²) in [6.07, 6.45) is 4.06. The minimum Gasteiger partial charge on any atom is -0.477 e. The van der Waals surface area contributed by atoms with Crippen LogP contribution in [0.1, 0.15) is 36.5 Å². The number of nitrogens with one attached hydrogen (secondary N) is 1. The largest absolute Gasteiger partial charge is 0.477 e. The standard InChI is InChI=1S/C13H18N2O4/c1-2-17-13-10(6-5-8-14-13)12(16)15-19-11-7-3-4-9-18-11/h5-6,8,11H,2-4,7,9H2,1H3,(H,15,16)/t11-/m1/s1. The lowest BCUT2D eigenvalue weighted by Gasteiger charge is -2.22. The van der Waals surface area contributed by atoms with Gasteiger partial charge in [-0.05, 0) is 31.9 Å². The molecule has 104 valence electrons. The molecule has 2 rings (SSSR count). The van der Waals surface area contributed by atoms with E-state index in [1.807, 2.05) is 6.92 Å². The molecule has 0 spiro atoms. The van der Waals surface area contributed by atoms with Crippen LogP contribution < -0.4 is 10.2 Å². The van der Waals surface area contributed by atoms with E-state index in [0.717, 1.165) is 19.3 Å². The number of carbonyl (C=O) groups is 1. The molecule has 6 nitrogen and oxygen atoms in total. The second-order valence-electron chi connectivity index (χ2n) is 4.13. The van der Waals surface area contributed by atoms with Gasteiger partial charge in [-0.2, -0.15) is 0 Å². The van der Waals surface area contributed by atoms with E-state index in [4.69, 9.17) is 14.3 Å². The van der Waals surface area contributed by atoms with Crippen molar-refractivity contribution < 1.29 is 19.1 Å². The summed E-state index contributed by atoms with van der Waals surface area (Å²) in [7, 11) is 0. The molecule has 0 unspecified atom stereocenters. The van der Waals surface area contributed by atoms with Crippen molar-refractivity contribution in [1.82, 2.24) is 10.5 Å². The molecule has 1 aromatic heterocycles. The van der Waals surface area contributed by atoms with Gasteiger partial charge in [0.2, 0.25) is 5.88 Å². The van der Waals surface area contributed by atoms with Crippen LogP contribution in [0.2, 0.25) is 0 Å². The molecule has 1 aromatic rings. The van der Waals surface area contributed by atoms with Gasteiger partial charge in [0.05, 0.1) is 6.61 Å². The molecular weight excluding hydrogens is 248 g/mol. The predicted molar refractivity (Wildman–Crippen MR) is 67.5 cm³/mol. The number of hydrogen-bond acceptors (Lipinski definition) is 5. The first-order chi connectivity index (χ1) is 9.31. The summed E-state index contributed by atoms with van der Waals surface area (Å²) >= 11 is 0. The lowest BCUT2D eigenvalue weighted by molar-refractivity contribution is -0.186. The van der Waals surface area contributed by atoms with Gasteiger partial charge in [-0.15, -0.1) is 0 Å². The summed E-state index contributed by atoms with van der Waals surface area (Å²) in [4.78, 5) is 21.2. The number of carbonyl (C=O) groups excluding carboxylic acids is 1. The van der Waals surface area contributed by atoms with Gasteiger partial charge in [0.25, 0.3) is 5.91 Å². The fourth-order valence-corrected chi connectivity index (χ4v) is 1.79. The SMILES string of the molecule is CCOc1ncccc1C(=O)NO[C@@H]1CCCCO1. The fourth-order valence-electron chi connectivity index (χ4n) is 1.79. The highest BCUT2D eigenvalue weighted by Crippen LogP contribution is 2.15. The molecule has 0 aliphatic carbocycles. The van der Waals surface area contributed by atoms with Crippen molar-refractivity contribution in [2.75, 3.05) is 13.2 Å². The molecule has 1 aliphatic rings. The van der Waals surface area contributed by atoms with Gasteiger partial charge < -0.3 is 9.47 Å². The molecule has 0 bridgehead atoms. The van der Waals surface area contributed by atoms with Crippen molar-refractivity contribution in [2.24, 2.45) is 0 Å². The molecule has 1 N–H and O–H groups in total. The van der Waals surface area contributed by atoms with E-state index in [0.29, 0.717) is 24.7 Å². The molecule has 0 saturated carbocycles. The molecule has 19 heavy (non-hydrogen) atoms. The van der Waals surface area contributed by atoms with E-state index in [2.05, 4.69) is 10.5 Å². The van der Waals surface area contributed by atoms with Crippen LogP contribution in [0.25, 0.3) is 0 Å². The molecule has 1 amide bonds. The van der Waals surface area contributed by atoms with E-state index in [1.165, 1.54) is 0 Å². The Kier molecular flexibility index (Phi) is 5.11. The quantitative estimate of drug-likeness (QED) is 0.821. The third-order valence-electron chi connectivity index (χ3n) is 2.72. The van der Waals surface area contributed by atoms with E-state index < -0.39 is 0 Å². The second-order valence-corrected chi connectivity index (χ2v) is 4.13. The average molecular weight is 266 g/mol. The lowest BCUT2D eigenvalue weighted by Crippen LogP contribution is -2.33. The van der Waals surface area contributed by atoms with Crippen molar-refractivity contribution in [2.45, 2.75) is 32.5 Å². The van der Waals surface area contributed by atoms with Crippen LogP contribution in [0.4, 0.5) is 0 Å². The number of amides is 1. The average Bonchev–Trinajstić information content (AvgIpc) is 2.47. The Labute approximate surface area is 112 Å². The summed E-state index contributed by atoms with van der Waals surface area (Å²) in [6, 6.07) is 3.31. The maximum Gasteiger partial charge on any atom is 0.280 e. The first kappa shape index (κ1) is 13.8. The van der Waals surface area contributed by atoms with Gasteiger partial charge in [-0.3, -0.25) is 4.79 Å². The normalized spacial score (nSPS) is 18.9. The highest BCUT2D eigenvalue weighted by molar-refractivity contribution is 5.95. The molecule has 2 heterocycles. The molecule has 1 saturated heterocycles. The molecule has 1 aliphatic heterocycles. The van der Waals surface area contributed by atoms with Crippen molar-refractivity contribution in [3.8, 4) is 5.88 Å². The van der Waals surface area contributed by atoms with Crippen LogP contribution >= 0.6 is 0 Å². The molecule has 6 heteroatoms. The van der Waals surface area contributed by atoms with E-state index >= 15 is 0 Å². The Morgan fingerprint density at radius 2 is 2.47 bits per heavy atom. The van der Waals surface area contributed by atoms with E-state index in [-0.39, 0.29) is 12.2 Å². The van der Waals surface area contributed by atoms with Crippen molar-refractivity contribution >= 4 is 5.91 Å². The molecule has 1 fully saturated rings. The Morgan fingerprint density at radius 1 is 1.58 bits per heavy atom. The molecule has 0 aromatic carbocycles. The number of pyridine rings is 1. The Morgan fingerprint density at radius 3 is 3.21 bits per heavy atom. The van der Waals surface area contributed by atoms with Crippen molar-refractivity contribution in [1.29, 1.82) is 0 Å². The zero-order chi connectivity index (χ0) is 13.5. The highest BCUT2D eigenvalue weighted by Gasteiger charge is 2.18. The predicted octanol–water partition coefficient (Wildman–Crippen LogP) is 1.67. The first-order valence-electron chi connectivity index (χ1n) is 6.46. The summed E-state index contributed by atoms with van der Waals surface area (Å²) in [5.41, 5.74) is 2.73. The number of nitrogens with zero attached hydrogens (tertiary/aromatic N) is 1. The molecular formula is C13H18N2O4. The topological polar surface area (TPSA) is 69.7 Å². The number of ether oxygens (including phenoxy) is 2. The summed E-state index contributed by atoms with van der Waals surface area (Å²) in [6.45, 7) is 2.95. The second kappa shape index (κ2) is 7.06. The Balaban J connectivity index is 1.91. The summed E-state index contributed by atoms with van der Waals surface area (Å²) in [5.74, 6) is -0.0821. The Bertz CT molecular complexity index is 419. The van der Waals surface area contributed by atoms with Crippen LogP contribution in [0.15, 0.2) is 18.3 Å². The third-order valence-corrected chi connectivity index (χ3v) is 2.72. The van der Waals surface area contributed by atoms with Crippen LogP contribution in [0.5, 0.6) is 5.88 Å². The number of hydroxylamine groups is 1. The van der Waals surface area contributed by atoms with Gasteiger partial charge in [0.1, 0.15) is 5.56 Å². The van der Waals surface area contributed by atoms with Gasteiger partial charge in [-0.25, -0.2) is 15.3 Å². The zero-order valence-electron chi connectivity index (χ0n) is 10.9. The number of rotatable bonds is 5. The number of hydrogen-bond donors (Lipinski definition) is 1. The van der Waals surface area contributed by atoms with Gasteiger partial charge in [0.15, 0.2) is 6.29 Å². The summed E-state index contributed by atoms with van der Waals surface area (Å²) < 4.78 is 10.6. The monoisotopic (exact) mass is 266 g/mol. The van der Waals surface area contributed by atoms with Crippen LogP contribution in [-0.2, 0) is 9.57 Å². The van der Waals surface area contributed by atoms with Crippen molar-refractivity contribution in [3.05, 3.63) is 23.9 Å². The van der Waals surface area contributed by atoms with Gasteiger partial charge in [-0.1, -0.05) is 0 Å².